The van der Waals surface area contributed by atoms with Gasteiger partial charge in [0, 0.05) is 54.8 Å². The summed E-state index contributed by atoms with van der Waals surface area (Å²) in [5.41, 5.74) is 1.88. The van der Waals surface area contributed by atoms with Crippen LogP contribution in [0.25, 0.3) is 22.2 Å². The molecule has 2 aromatic carbocycles. The molecule has 1 atom stereocenters. The zero-order chi connectivity index (χ0) is 28.7. The Morgan fingerprint density at radius 1 is 1.17 bits per heavy atom. The van der Waals surface area contributed by atoms with Crippen molar-refractivity contribution >= 4 is 28.9 Å². The van der Waals surface area contributed by atoms with Crippen molar-refractivity contribution in [1.29, 1.82) is 0 Å². The van der Waals surface area contributed by atoms with Gasteiger partial charge >= 0.3 is 12.6 Å². The molecule has 0 bridgehead atoms. The minimum Gasteiger partial charge on any atom is -0.466 e. The molecule has 2 aliphatic rings. The SMILES string of the molecule is CCOC(=O)C1(C)CCN(c2ncc(-c3cc4c(cc3F)nc3n4C(c4ccccc4OC(F)F)CN3)cn2)CC1. The first-order valence-corrected chi connectivity index (χ1v) is 13.5. The highest BCUT2D eigenvalue weighted by atomic mass is 19.3. The van der Waals surface area contributed by atoms with Crippen molar-refractivity contribution in [3.8, 4) is 16.9 Å². The van der Waals surface area contributed by atoms with E-state index in [1.165, 1.54) is 12.1 Å². The Labute approximate surface area is 234 Å². The Balaban J connectivity index is 1.27. The smallest absolute Gasteiger partial charge is 0.387 e. The fourth-order valence-corrected chi connectivity index (χ4v) is 5.60. The summed E-state index contributed by atoms with van der Waals surface area (Å²) < 4.78 is 53.3. The fraction of sp³-hybridized carbons (Fsp3) is 0.379. The van der Waals surface area contributed by atoms with Gasteiger partial charge < -0.3 is 24.3 Å². The molecule has 0 saturated carbocycles. The number of carbonyl (C=O) groups excluding carboxylic acids is 1. The molecule has 1 unspecified atom stereocenters. The topological polar surface area (TPSA) is 94.4 Å². The number of halogens is 3. The van der Waals surface area contributed by atoms with Gasteiger partial charge in [-0.3, -0.25) is 4.79 Å². The number of rotatable bonds is 7. The summed E-state index contributed by atoms with van der Waals surface area (Å²) in [6, 6.07) is 9.28. The zero-order valence-corrected chi connectivity index (χ0v) is 22.6. The van der Waals surface area contributed by atoms with Gasteiger partial charge in [-0.15, -0.1) is 0 Å². The number of nitrogens with one attached hydrogen (secondary N) is 1. The number of alkyl halides is 2. The third-order valence-corrected chi connectivity index (χ3v) is 7.90. The summed E-state index contributed by atoms with van der Waals surface area (Å²) in [4.78, 5) is 27.9. The second kappa shape index (κ2) is 10.6. The van der Waals surface area contributed by atoms with E-state index in [1.807, 2.05) is 16.4 Å². The summed E-state index contributed by atoms with van der Waals surface area (Å²) in [5.74, 6) is 0.434. The highest BCUT2D eigenvalue weighted by molar-refractivity contribution is 5.85. The third kappa shape index (κ3) is 4.91. The van der Waals surface area contributed by atoms with Gasteiger partial charge in [0.15, 0.2) is 0 Å². The number of nitrogens with zero attached hydrogens (tertiary/aromatic N) is 5. The average Bonchev–Trinajstić information content (AvgIpc) is 3.52. The molecule has 9 nitrogen and oxygen atoms in total. The predicted octanol–water partition coefficient (Wildman–Crippen LogP) is 5.42. The predicted molar refractivity (Wildman–Crippen MR) is 147 cm³/mol. The summed E-state index contributed by atoms with van der Waals surface area (Å²) in [5, 5.41) is 3.19. The van der Waals surface area contributed by atoms with Gasteiger partial charge in [-0.1, -0.05) is 18.2 Å². The van der Waals surface area contributed by atoms with Crippen LogP contribution in [0, 0.1) is 11.2 Å². The molecule has 214 valence electrons. The van der Waals surface area contributed by atoms with Gasteiger partial charge in [0.1, 0.15) is 11.6 Å². The van der Waals surface area contributed by atoms with Crippen molar-refractivity contribution in [3.63, 3.8) is 0 Å². The monoisotopic (exact) mass is 566 g/mol. The van der Waals surface area contributed by atoms with Crippen LogP contribution >= 0.6 is 0 Å². The Morgan fingerprint density at radius 3 is 2.61 bits per heavy atom. The highest BCUT2D eigenvalue weighted by Crippen LogP contribution is 2.40. The van der Waals surface area contributed by atoms with Crippen LogP contribution in [0.3, 0.4) is 0 Å². The van der Waals surface area contributed by atoms with E-state index in [2.05, 4.69) is 20.3 Å². The molecular weight excluding hydrogens is 537 g/mol. The van der Waals surface area contributed by atoms with E-state index in [-0.39, 0.29) is 17.8 Å². The summed E-state index contributed by atoms with van der Waals surface area (Å²) in [7, 11) is 0. The lowest BCUT2D eigenvalue weighted by Crippen LogP contribution is -2.44. The van der Waals surface area contributed by atoms with Crippen LogP contribution < -0.4 is 15.0 Å². The molecule has 4 aromatic rings. The van der Waals surface area contributed by atoms with Gasteiger partial charge in [0.25, 0.3) is 0 Å². The van der Waals surface area contributed by atoms with Crippen molar-refractivity contribution < 1.29 is 27.4 Å². The lowest BCUT2D eigenvalue weighted by Gasteiger charge is -2.37. The molecule has 1 N–H and O–H groups in total. The minimum atomic E-state index is -2.96. The number of fused-ring (bicyclic) bond motifs is 3. The molecule has 0 spiro atoms. The highest BCUT2D eigenvalue weighted by Gasteiger charge is 2.39. The first-order valence-electron chi connectivity index (χ1n) is 13.5. The zero-order valence-electron chi connectivity index (χ0n) is 22.6. The molecule has 4 heterocycles. The van der Waals surface area contributed by atoms with Gasteiger partial charge in [-0.05, 0) is 38.8 Å². The van der Waals surface area contributed by atoms with Crippen molar-refractivity contribution in [2.24, 2.45) is 5.41 Å². The van der Waals surface area contributed by atoms with E-state index in [9.17, 15) is 13.6 Å². The van der Waals surface area contributed by atoms with Crippen molar-refractivity contribution in [2.75, 3.05) is 36.5 Å². The molecular formula is C29H29F3N6O3. The maximum Gasteiger partial charge on any atom is 0.387 e. The van der Waals surface area contributed by atoms with Crippen LogP contribution in [-0.4, -0.2) is 58.3 Å². The van der Waals surface area contributed by atoms with Crippen LogP contribution in [-0.2, 0) is 9.53 Å². The number of ether oxygens (including phenoxy) is 2. The Kier molecular flexibility index (Phi) is 6.92. The molecule has 0 amide bonds. The lowest BCUT2D eigenvalue weighted by molar-refractivity contribution is -0.155. The van der Waals surface area contributed by atoms with Crippen LogP contribution in [0.15, 0.2) is 48.8 Å². The molecule has 41 heavy (non-hydrogen) atoms. The minimum absolute atomic E-state index is 0.0793. The van der Waals surface area contributed by atoms with Gasteiger partial charge in [0.05, 0.1) is 29.1 Å². The Morgan fingerprint density at radius 2 is 1.90 bits per heavy atom. The van der Waals surface area contributed by atoms with Gasteiger partial charge in [-0.25, -0.2) is 19.3 Å². The molecule has 2 aliphatic heterocycles. The number of imidazole rings is 1. The molecule has 12 heteroatoms. The number of benzene rings is 2. The number of esters is 1. The Hall–Kier alpha value is -4.35. The first kappa shape index (κ1) is 26.9. The van der Waals surface area contributed by atoms with E-state index < -0.39 is 17.8 Å². The second-order valence-electron chi connectivity index (χ2n) is 10.5. The van der Waals surface area contributed by atoms with Crippen molar-refractivity contribution in [2.45, 2.75) is 39.3 Å². The molecule has 0 radical (unpaired) electrons. The van der Waals surface area contributed by atoms with Crippen molar-refractivity contribution in [1.82, 2.24) is 19.5 Å². The summed E-state index contributed by atoms with van der Waals surface area (Å²) in [6.45, 7) is 2.72. The van der Waals surface area contributed by atoms with Crippen LogP contribution in [0.4, 0.5) is 25.1 Å². The lowest BCUT2D eigenvalue weighted by atomic mass is 9.80. The van der Waals surface area contributed by atoms with Gasteiger partial charge in [0.2, 0.25) is 11.9 Å². The number of hydrogen-bond acceptors (Lipinski definition) is 8. The van der Waals surface area contributed by atoms with Crippen molar-refractivity contribution in [3.05, 3.63) is 60.2 Å². The molecule has 1 saturated heterocycles. The normalized spacial score (nSPS) is 17.9. The van der Waals surface area contributed by atoms with E-state index in [4.69, 9.17) is 9.47 Å². The Bertz CT molecular complexity index is 1580. The average molecular weight is 567 g/mol. The number of para-hydroxylation sites is 1. The van der Waals surface area contributed by atoms with E-state index in [1.54, 1.807) is 43.6 Å². The molecule has 6 rings (SSSR count). The van der Waals surface area contributed by atoms with E-state index >= 15 is 4.39 Å². The largest absolute Gasteiger partial charge is 0.466 e. The molecule has 1 fully saturated rings. The quantitative estimate of drug-likeness (QED) is 0.297. The van der Waals surface area contributed by atoms with Crippen LogP contribution in [0.2, 0.25) is 0 Å². The number of anilines is 2. The van der Waals surface area contributed by atoms with Crippen LogP contribution in [0.1, 0.15) is 38.3 Å². The third-order valence-electron chi connectivity index (χ3n) is 7.90. The second-order valence-corrected chi connectivity index (χ2v) is 10.5. The molecule has 2 aromatic heterocycles. The maximum absolute atomic E-state index is 15.3. The summed E-state index contributed by atoms with van der Waals surface area (Å²) >= 11 is 0. The number of piperidine rings is 1. The summed E-state index contributed by atoms with van der Waals surface area (Å²) in [6.07, 6.45) is 4.40. The van der Waals surface area contributed by atoms with E-state index in [0.717, 1.165) is 0 Å². The maximum atomic E-state index is 15.3. The first-order chi connectivity index (χ1) is 19.8. The van der Waals surface area contributed by atoms with Gasteiger partial charge in [-0.2, -0.15) is 8.78 Å². The number of hydrogen-bond donors (Lipinski definition) is 1. The van der Waals surface area contributed by atoms with Crippen LogP contribution in [0.5, 0.6) is 5.75 Å². The standard InChI is InChI=1S/C29H29F3N6O3/c1-3-40-25(39)29(2)8-10-37(11-9-29)27-33-14-17(15-34-27)19-12-22-21(13-20(19)30)36-28-35-16-23(38(22)28)18-6-4-5-7-24(18)41-26(31)32/h4-7,12-15,23,26H,3,8-11,16H2,1-2H3,(H,35,36). The molecule has 0 aliphatic carbocycles. The van der Waals surface area contributed by atoms with E-state index in [0.29, 0.717) is 78.7 Å². The fourth-order valence-electron chi connectivity index (χ4n) is 5.60. The number of carbonyl (C=O) groups is 1. The number of aromatic nitrogens is 4.